The summed E-state index contributed by atoms with van der Waals surface area (Å²) in [5.41, 5.74) is 0.665. The molecule has 0 radical (unpaired) electrons. The monoisotopic (exact) mass is 802 g/mol. The summed E-state index contributed by atoms with van der Waals surface area (Å²) < 4.78 is 65.2. The average Bonchev–Trinajstić information content (AvgIpc) is 3.77. The van der Waals surface area contributed by atoms with Gasteiger partial charge in [0.15, 0.2) is 0 Å². The minimum absolute atomic E-state index is 0. The first kappa shape index (κ1) is 36.5. The van der Waals surface area contributed by atoms with E-state index < -0.39 is 35.4 Å². The van der Waals surface area contributed by atoms with Crippen LogP contribution in [-0.4, -0.2) is 47.2 Å². The Balaban J connectivity index is 0.000000196. The number of aromatic nitrogens is 6. The van der Waals surface area contributed by atoms with Crippen LogP contribution in [0.1, 0.15) is 26.4 Å². The number of hydrogen-bond donors (Lipinski definition) is 2. The number of alkyl halides is 3. The molecule has 2 aromatic carbocycles. The maximum absolute atomic E-state index is 13.7. The van der Waals surface area contributed by atoms with Gasteiger partial charge in [-0.05, 0) is 54.2 Å². The summed E-state index contributed by atoms with van der Waals surface area (Å²) in [7, 11) is 0. The third-order valence-corrected chi connectivity index (χ3v) is 7.87. The average molecular weight is 802 g/mol. The third kappa shape index (κ3) is 8.33. The third-order valence-electron chi connectivity index (χ3n) is 6.81. The number of carboxylic acid groups (broad SMARTS) is 2. The van der Waals surface area contributed by atoms with Gasteiger partial charge in [0.2, 0.25) is 0 Å². The van der Waals surface area contributed by atoms with Gasteiger partial charge in [0, 0.05) is 23.5 Å². The zero-order valence-corrected chi connectivity index (χ0v) is 27.8. The summed E-state index contributed by atoms with van der Waals surface area (Å²) in [4.78, 5) is 39.9. The summed E-state index contributed by atoms with van der Waals surface area (Å²) in [6.45, 7) is 0. The Morgan fingerprint density at radius 3 is 2.14 bits per heavy atom. The number of carboxylic acids is 2. The van der Waals surface area contributed by atoms with E-state index in [-0.39, 0.29) is 64.6 Å². The predicted molar refractivity (Wildman–Crippen MR) is 170 cm³/mol. The molecule has 5 heterocycles. The number of aromatic carboxylic acids is 2. The Morgan fingerprint density at radius 1 is 0.765 bits per heavy atom. The predicted octanol–water partition coefficient (Wildman–Crippen LogP) is 7.68. The van der Waals surface area contributed by atoms with Gasteiger partial charge < -0.3 is 20.4 Å². The van der Waals surface area contributed by atoms with Crippen molar-refractivity contribution in [2.75, 3.05) is 0 Å². The van der Waals surface area contributed by atoms with E-state index >= 15 is 0 Å². The molecular formula is C34H17F5N6O4RuS. The van der Waals surface area contributed by atoms with Crippen LogP contribution < -0.4 is 5.10 Å². The van der Waals surface area contributed by atoms with Gasteiger partial charge in [0.25, 0.3) is 0 Å². The van der Waals surface area contributed by atoms with Gasteiger partial charge in [-0.3, -0.25) is 18.7 Å². The molecular weight excluding hydrogens is 785 g/mol. The van der Waals surface area contributed by atoms with E-state index in [0.29, 0.717) is 16.8 Å². The molecule has 0 amide bonds. The van der Waals surface area contributed by atoms with Crippen molar-refractivity contribution in [1.29, 1.82) is 0 Å². The zero-order chi connectivity index (χ0) is 35.6. The fraction of sp³-hybridized carbons (Fsp3) is 0.0294. The molecule has 17 heteroatoms. The fourth-order valence-corrected chi connectivity index (χ4v) is 5.42. The number of pyridine rings is 3. The first-order chi connectivity index (χ1) is 23.9. The van der Waals surface area contributed by atoms with Crippen molar-refractivity contribution in [3.63, 3.8) is 0 Å². The standard InChI is InChI=1S/C19H11N3O4S.C15H6F5N3.Ru/c23-18(24)10-5-6-20-13(7-10)14-8-11(19(25)26)9-15(21-14)17-22-12-3-1-2-4-16(12)27-17;16-8-4-5-9(10(17)6-8)11-2-1-3-12(21-11)13-7-14(23-22-13)15(18,19)20;/h1-9H,(H,23,24)(H,25,26);1-4,6-7H;/q;-2;+2. The molecule has 0 spiro atoms. The maximum atomic E-state index is 13.7. The van der Waals surface area contributed by atoms with E-state index in [1.54, 1.807) is 0 Å². The minimum Gasteiger partial charge on any atom is -0.573 e. The molecule has 0 bridgehead atoms. The number of hydrogen-bond acceptors (Lipinski definition) is 8. The number of benzene rings is 2. The van der Waals surface area contributed by atoms with Crippen LogP contribution in [0, 0.1) is 17.7 Å². The molecule has 0 aliphatic heterocycles. The topological polar surface area (TPSA) is 153 Å². The van der Waals surface area contributed by atoms with Crippen molar-refractivity contribution in [1.82, 2.24) is 30.1 Å². The van der Waals surface area contributed by atoms with Gasteiger partial charge in [-0.15, -0.1) is 23.5 Å². The van der Waals surface area contributed by atoms with Crippen molar-refractivity contribution >= 4 is 33.5 Å². The molecule has 256 valence electrons. The maximum Gasteiger partial charge on any atom is 2.00 e. The van der Waals surface area contributed by atoms with Gasteiger partial charge in [-0.2, -0.15) is 13.2 Å². The fourth-order valence-electron chi connectivity index (χ4n) is 4.50. The van der Waals surface area contributed by atoms with E-state index in [1.165, 1.54) is 60.0 Å². The molecule has 10 nitrogen and oxygen atoms in total. The van der Waals surface area contributed by atoms with Gasteiger partial charge in [-0.1, -0.05) is 41.6 Å². The quantitative estimate of drug-likeness (QED) is 0.0973. The molecule has 0 saturated carbocycles. The normalized spacial score (nSPS) is 11.0. The van der Waals surface area contributed by atoms with Crippen LogP contribution in [0.3, 0.4) is 0 Å². The molecule has 0 atom stereocenters. The molecule has 5 aromatic heterocycles. The van der Waals surface area contributed by atoms with Crippen LogP contribution in [0.25, 0.3) is 55.0 Å². The summed E-state index contributed by atoms with van der Waals surface area (Å²) in [6, 6.07) is 22.2. The van der Waals surface area contributed by atoms with Crippen molar-refractivity contribution in [2.45, 2.75) is 6.18 Å². The molecule has 51 heavy (non-hydrogen) atoms. The first-order valence-corrected chi connectivity index (χ1v) is 14.9. The zero-order valence-electron chi connectivity index (χ0n) is 25.2. The Kier molecular flexibility index (Phi) is 10.7. The molecule has 0 saturated heterocycles. The SMILES string of the molecule is Fc1c[c-]c(-c2cccc(-c3cc(C(F)(F)F)n[n-]3)n2)c(F)c1.O=C(O)c1ccnc(-c2cc(C(=O)O)cc(-c3nc4ccccc4s3)n2)c1.[Ru+2]. The van der Waals surface area contributed by atoms with Gasteiger partial charge in [0.1, 0.15) is 16.4 Å². The number of thiazole rings is 1. The molecule has 0 unspecified atom stereocenters. The molecule has 0 aliphatic rings. The van der Waals surface area contributed by atoms with Gasteiger partial charge >= 0.3 is 37.6 Å². The van der Waals surface area contributed by atoms with Crippen LogP contribution >= 0.6 is 11.3 Å². The van der Waals surface area contributed by atoms with E-state index in [9.17, 15) is 36.6 Å². The van der Waals surface area contributed by atoms with Crippen molar-refractivity contribution in [2.24, 2.45) is 0 Å². The van der Waals surface area contributed by atoms with Crippen LogP contribution in [0.4, 0.5) is 22.0 Å². The van der Waals surface area contributed by atoms with E-state index in [2.05, 4.69) is 36.2 Å². The van der Waals surface area contributed by atoms with Crippen LogP contribution in [-0.2, 0) is 25.7 Å². The minimum atomic E-state index is -4.61. The molecule has 7 rings (SSSR count). The van der Waals surface area contributed by atoms with E-state index in [1.807, 2.05) is 24.3 Å². The second kappa shape index (κ2) is 15.0. The summed E-state index contributed by atoms with van der Waals surface area (Å²) >= 11 is 1.40. The first-order valence-electron chi connectivity index (χ1n) is 14.1. The summed E-state index contributed by atoms with van der Waals surface area (Å²) in [5, 5.41) is 25.7. The molecule has 2 N–H and O–H groups in total. The van der Waals surface area contributed by atoms with Gasteiger partial charge in [-0.25, -0.2) is 19.6 Å². The van der Waals surface area contributed by atoms with Crippen LogP contribution in [0.15, 0.2) is 91.1 Å². The number of halogens is 5. The number of carbonyl (C=O) groups is 2. The van der Waals surface area contributed by atoms with Crippen molar-refractivity contribution in [3.05, 3.63) is 126 Å². The van der Waals surface area contributed by atoms with Gasteiger partial charge in [0.05, 0.1) is 32.7 Å². The Labute approximate surface area is 300 Å². The second-order valence-electron chi connectivity index (χ2n) is 10.2. The van der Waals surface area contributed by atoms with Crippen molar-refractivity contribution in [3.8, 4) is 44.7 Å². The Hall–Kier alpha value is -5.80. The van der Waals surface area contributed by atoms with E-state index in [0.717, 1.165) is 22.3 Å². The van der Waals surface area contributed by atoms with Crippen LogP contribution in [0.5, 0.6) is 0 Å². The van der Waals surface area contributed by atoms with Crippen molar-refractivity contribution < 1.29 is 61.2 Å². The second-order valence-corrected chi connectivity index (χ2v) is 11.2. The summed E-state index contributed by atoms with van der Waals surface area (Å²) in [6.07, 6.45) is -3.26. The van der Waals surface area contributed by atoms with Crippen LogP contribution in [0.2, 0.25) is 0 Å². The largest absolute Gasteiger partial charge is 2.00 e. The molecule has 0 aliphatic carbocycles. The molecule has 0 fully saturated rings. The number of nitrogens with zero attached hydrogens (tertiary/aromatic N) is 6. The van der Waals surface area contributed by atoms with E-state index in [4.69, 9.17) is 5.11 Å². The Morgan fingerprint density at radius 2 is 1.45 bits per heavy atom. The number of para-hydroxylation sites is 1. The Bertz CT molecular complexity index is 2370. The summed E-state index contributed by atoms with van der Waals surface area (Å²) in [5.74, 6) is -3.88. The number of rotatable bonds is 6. The smallest absolute Gasteiger partial charge is 0.573 e. The number of fused-ring (bicyclic) bond motifs is 1. The molecule has 7 aromatic rings.